The predicted molar refractivity (Wildman–Crippen MR) is 275 cm³/mol. The van der Waals surface area contributed by atoms with Crippen molar-refractivity contribution in [2.45, 2.75) is 127 Å². The maximum Gasteiger partial charge on any atom is 0.103 e. The van der Waals surface area contributed by atoms with Gasteiger partial charge >= 0.3 is 0 Å². The normalized spacial score (nSPS) is 20.5. The van der Waals surface area contributed by atoms with Gasteiger partial charge in [0, 0.05) is 32.4 Å². The zero-order valence-corrected chi connectivity index (χ0v) is 39.8. The van der Waals surface area contributed by atoms with Crippen molar-refractivity contribution in [3.05, 3.63) is 159 Å². The molecule has 6 aromatic carbocycles. The van der Waals surface area contributed by atoms with Gasteiger partial charge in [-0.25, -0.2) is 0 Å². The summed E-state index contributed by atoms with van der Waals surface area (Å²) in [6.07, 6.45) is 16.3. The van der Waals surface area contributed by atoms with Crippen LogP contribution >= 0.6 is 0 Å². The number of nitrogens with zero attached hydrogens (tertiary/aromatic N) is 4. The maximum atomic E-state index is 12.2. The first-order chi connectivity index (χ1) is 32.4. The van der Waals surface area contributed by atoms with Crippen molar-refractivity contribution < 1.29 is 0 Å². The van der Waals surface area contributed by atoms with Crippen molar-refractivity contribution in [2.75, 3.05) is 0 Å². The summed E-state index contributed by atoms with van der Waals surface area (Å²) in [6.45, 7) is 14.6. The minimum Gasteiger partial charge on any atom is -0.307 e. The molecular weight excluding hydrogens is 813 g/mol. The van der Waals surface area contributed by atoms with Crippen LogP contribution in [0.25, 0.3) is 71.7 Å². The molecule has 67 heavy (non-hydrogen) atoms. The van der Waals surface area contributed by atoms with Crippen LogP contribution in [0.5, 0.6) is 0 Å². The highest BCUT2D eigenvalue weighted by molar-refractivity contribution is 6.15. The zero-order valence-electron chi connectivity index (χ0n) is 39.8. The zero-order chi connectivity index (χ0) is 45.6. The van der Waals surface area contributed by atoms with Crippen LogP contribution in [0.15, 0.2) is 115 Å². The third-order valence-electron chi connectivity index (χ3n) is 19.8. The largest absolute Gasteiger partial charge is 0.307 e. The van der Waals surface area contributed by atoms with E-state index in [1.54, 1.807) is 5.57 Å². The summed E-state index contributed by atoms with van der Waals surface area (Å²) in [5.41, 5.74) is 19.8. The van der Waals surface area contributed by atoms with Gasteiger partial charge in [0.25, 0.3) is 0 Å². The second kappa shape index (κ2) is 12.9. The average Bonchev–Trinajstić information content (AvgIpc) is 4.22. The molecule has 6 aliphatic carbocycles. The van der Waals surface area contributed by atoms with E-state index in [-0.39, 0.29) is 16.2 Å². The molecule has 14 rings (SSSR count). The minimum atomic E-state index is -0.433. The van der Waals surface area contributed by atoms with Gasteiger partial charge in [0.15, 0.2) is 0 Å². The van der Waals surface area contributed by atoms with Gasteiger partial charge < -0.3 is 9.13 Å². The number of hydrogen-bond acceptors (Lipinski definition) is 2. The summed E-state index contributed by atoms with van der Waals surface area (Å²) in [5, 5.41) is 29.1. The van der Waals surface area contributed by atoms with Gasteiger partial charge in [-0.3, -0.25) is 0 Å². The summed E-state index contributed by atoms with van der Waals surface area (Å²) in [4.78, 5) is 0. The summed E-state index contributed by atoms with van der Waals surface area (Å²) >= 11 is 0. The molecule has 4 heteroatoms. The first-order valence-electron chi connectivity index (χ1n) is 25.1. The third kappa shape index (κ3) is 4.38. The number of fused-ring (bicyclic) bond motifs is 18. The maximum absolute atomic E-state index is 12.2. The molecule has 0 aliphatic heterocycles. The number of nitriles is 2. The second-order valence-corrected chi connectivity index (χ2v) is 22.7. The van der Waals surface area contributed by atoms with Crippen LogP contribution in [0.3, 0.4) is 0 Å². The van der Waals surface area contributed by atoms with Crippen LogP contribution in [0, 0.1) is 28.1 Å². The highest BCUT2D eigenvalue weighted by Crippen LogP contribution is 2.67. The summed E-state index contributed by atoms with van der Waals surface area (Å²) < 4.78 is 5.04. The van der Waals surface area contributed by atoms with E-state index in [0.29, 0.717) is 11.1 Å². The fourth-order valence-electron chi connectivity index (χ4n) is 15.9. The molecule has 0 radical (unpaired) electrons. The predicted octanol–water partition coefficient (Wildman–Crippen LogP) is 16.0. The van der Waals surface area contributed by atoms with Crippen molar-refractivity contribution in [1.29, 1.82) is 10.5 Å². The smallest absolute Gasteiger partial charge is 0.103 e. The molecule has 0 amide bonds. The van der Waals surface area contributed by atoms with E-state index in [2.05, 4.69) is 172 Å². The fraction of sp³-hybridized carbons (Fsp3) is 0.333. The Morgan fingerprint density at radius 2 is 0.985 bits per heavy atom. The first kappa shape index (κ1) is 39.5. The molecule has 2 heterocycles. The Balaban J connectivity index is 1.20. The molecule has 6 aliphatic rings. The Morgan fingerprint density at radius 1 is 0.493 bits per heavy atom. The third-order valence-corrected chi connectivity index (χ3v) is 19.8. The van der Waals surface area contributed by atoms with E-state index < -0.39 is 10.8 Å². The lowest BCUT2D eigenvalue weighted by atomic mass is 9.59. The fourth-order valence-corrected chi connectivity index (χ4v) is 15.9. The van der Waals surface area contributed by atoms with Gasteiger partial charge in [-0.15, -0.1) is 0 Å². The Bertz CT molecular complexity index is 3750. The molecule has 2 spiro atoms. The lowest BCUT2D eigenvalue weighted by Gasteiger charge is -2.45. The Kier molecular flexibility index (Phi) is 7.60. The van der Waals surface area contributed by atoms with Gasteiger partial charge in [0.05, 0.1) is 44.6 Å². The number of para-hydroxylation sites is 2. The molecule has 8 aromatic rings. The van der Waals surface area contributed by atoms with Gasteiger partial charge in [0.1, 0.15) is 12.1 Å². The van der Waals surface area contributed by atoms with E-state index in [4.69, 9.17) is 0 Å². The highest BCUT2D eigenvalue weighted by Gasteiger charge is 2.61. The van der Waals surface area contributed by atoms with E-state index >= 15 is 0 Å². The van der Waals surface area contributed by atoms with E-state index in [0.717, 1.165) is 60.9 Å². The van der Waals surface area contributed by atoms with E-state index in [9.17, 15) is 10.5 Å². The lowest BCUT2D eigenvalue weighted by molar-refractivity contribution is 0.125. The monoisotopic (exact) mass is 868 g/mol. The standard InChI is InChI=1S/C63H56N4/c1-59(2)53-54(60(3,4)61(59,5)6)58(67-50-26-14-10-22-40(50)44-30-28-42-38-20-8-12-24-48(38)63(33-17-18-34-63)52(42)56(44)67)46(36-65)45(35-64)57(53)66-49-25-13-9-21-39(49)43-29-27-41-37-19-7-11-23-47(37)62(31-15-16-32-62)51(41)55(43)66/h7-11,13-14,19-23,25-30H,12,15-18,24,31-34H2,1-6H3. The molecule has 2 aromatic heterocycles. The van der Waals surface area contributed by atoms with Crippen molar-refractivity contribution >= 4 is 49.2 Å². The topological polar surface area (TPSA) is 57.4 Å². The quantitative estimate of drug-likeness (QED) is 0.174. The Hall–Kier alpha value is -6.62. The van der Waals surface area contributed by atoms with E-state index in [1.807, 2.05) is 0 Å². The first-order valence-corrected chi connectivity index (χ1v) is 25.1. The number of aromatic nitrogens is 2. The molecule has 0 bridgehead atoms. The van der Waals surface area contributed by atoms with Crippen molar-refractivity contribution in [2.24, 2.45) is 5.41 Å². The molecule has 0 atom stereocenters. The van der Waals surface area contributed by atoms with Crippen molar-refractivity contribution in [3.8, 4) is 34.6 Å². The number of allylic oxidation sites excluding steroid dienone is 4. The van der Waals surface area contributed by atoms with E-state index in [1.165, 1.54) is 108 Å². The molecule has 4 nitrogen and oxygen atoms in total. The molecule has 2 fully saturated rings. The molecule has 0 unspecified atom stereocenters. The molecular formula is C63H56N4. The van der Waals surface area contributed by atoms with Gasteiger partial charge in [-0.05, 0) is 117 Å². The average molecular weight is 869 g/mol. The SMILES string of the molecule is CC1(C)c2c(-n3c4ccccc4c4ccc5c(c43)C3(CCCC3)C3=C5C=CCC3)c(C#N)c(C#N)c(-n3c4ccccc4c4ccc5c(c43)C3(CCCC3)c3ccccc3-5)c2C(C)(C)C1(C)C. The van der Waals surface area contributed by atoms with Gasteiger partial charge in [-0.1, -0.05) is 170 Å². The number of rotatable bonds is 2. The minimum absolute atomic E-state index is 0.0414. The van der Waals surface area contributed by atoms with Crippen LogP contribution in [-0.2, 0) is 21.7 Å². The molecule has 328 valence electrons. The summed E-state index contributed by atoms with van der Waals surface area (Å²) in [6, 6.07) is 42.1. The number of benzene rings is 6. The van der Waals surface area contributed by atoms with Crippen LogP contribution in [0.2, 0.25) is 0 Å². The van der Waals surface area contributed by atoms with Crippen LogP contribution in [0.1, 0.15) is 150 Å². The van der Waals surface area contributed by atoms with Crippen LogP contribution in [-0.4, -0.2) is 9.13 Å². The van der Waals surface area contributed by atoms with Gasteiger partial charge in [0.2, 0.25) is 0 Å². The molecule has 0 saturated heterocycles. The Morgan fingerprint density at radius 3 is 1.55 bits per heavy atom. The summed E-state index contributed by atoms with van der Waals surface area (Å²) in [5.74, 6) is 0. The lowest BCUT2D eigenvalue weighted by Crippen LogP contribution is -2.42. The van der Waals surface area contributed by atoms with Crippen LogP contribution < -0.4 is 0 Å². The second-order valence-electron chi connectivity index (χ2n) is 22.7. The molecule has 0 N–H and O–H groups in total. The molecule has 2 saturated carbocycles. The van der Waals surface area contributed by atoms with Crippen molar-refractivity contribution in [3.63, 3.8) is 0 Å². The van der Waals surface area contributed by atoms with Crippen molar-refractivity contribution in [1.82, 2.24) is 9.13 Å². The highest BCUT2D eigenvalue weighted by atomic mass is 15.0. The summed E-state index contributed by atoms with van der Waals surface area (Å²) in [7, 11) is 0. The number of hydrogen-bond donors (Lipinski definition) is 0. The van der Waals surface area contributed by atoms with Gasteiger partial charge in [-0.2, -0.15) is 10.5 Å². The van der Waals surface area contributed by atoms with Crippen LogP contribution in [0.4, 0.5) is 0 Å². The Labute approximate surface area is 393 Å².